The van der Waals surface area contributed by atoms with Crippen LogP contribution in [0.15, 0.2) is 48.7 Å². The van der Waals surface area contributed by atoms with Crippen LogP contribution in [0.1, 0.15) is 28.8 Å². The van der Waals surface area contributed by atoms with Gasteiger partial charge in [-0.2, -0.15) is 0 Å². The van der Waals surface area contributed by atoms with Crippen LogP contribution in [0.4, 0.5) is 10.2 Å². The van der Waals surface area contributed by atoms with Gasteiger partial charge < -0.3 is 5.32 Å². The number of hydrogen-bond acceptors (Lipinski definition) is 3. The van der Waals surface area contributed by atoms with Crippen LogP contribution >= 0.6 is 11.6 Å². The predicted molar refractivity (Wildman–Crippen MR) is 111 cm³/mol. The van der Waals surface area contributed by atoms with Crippen molar-refractivity contribution in [3.63, 3.8) is 0 Å². The molecule has 1 atom stereocenters. The lowest BCUT2D eigenvalue weighted by Gasteiger charge is -2.34. The number of carbonyl (C=O) groups excluding carboxylic acids is 1. The van der Waals surface area contributed by atoms with Gasteiger partial charge in [-0.05, 0) is 61.5 Å². The minimum absolute atomic E-state index is 0.0435. The molecule has 0 spiro atoms. The molecule has 144 valence electrons. The van der Waals surface area contributed by atoms with Crippen molar-refractivity contribution in [2.45, 2.75) is 25.8 Å². The fourth-order valence-electron chi connectivity index (χ4n) is 3.76. The monoisotopic (exact) mass is 397 g/mol. The molecular formula is C22H21ClFN3O. The highest BCUT2D eigenvalue weighted by molar-refractivity contribution is 6.36. The first kappa shape index (κ1) is 18.8. The van der Waals surface area contributed by atoms with Gasteiger partial charge in [0.1, 0.15) is 11.6 Å². The van der Waals surface area contributed by atoms with Crippen LogP contribution in [0.25, 0.3) is 10.8 Å². The highest BCUT2D eigenvalue weighted by Crippen LogP contribution is 2.34. The average Bonchev–Trinajstić information content (AvgIpc) is 2.69. The largest absolute Gasteiger partial charge is 0.315 e. The highest BCUT2D eigenvalue weighted by Gasteiger charge is 2.31. The second-order valence-corrected chi connectivity index (χ2v) is 7.54. The Hall–Kier alpha value is -2.50. The third kappa shape index (κ3) is 3.48. The number of piperidine rings is 1. The topological polar surface area (TPSA) is 45.2 Å². The summed E-state index contributed by atoms with van der Waals surface area (Å²) < 4.78 is 14.6. The molecule has 1 fully saturated rings. The lowest BCUT2D eigenvalue weighted by atomic mass is 10.0. The summed E-state index contributed by atoms with van der Waals surface area (Å²) in [6, 6.07) is 12.0. The Morgan fingerprint density at radius 1 is 1.29 bits per heavy atom. The van der Waals surface area contributed by atoms with Crippen molar-refractivity contribution in [2.75, 3.05) is 18.0 Å². The lowest BCUT2D eigenvalue weighted by molar-refractivity contribution is 0.0968. The number of hydrogen-bond donors (Lipinski definition) is 1. The quantitative estimate of drug-likeness (QED) is 0.694. The Morgan fingerprint density at radius 2 is 2.14 bits per heavy atom. The number of carbonyl (C=O) groups is 1. The molecule has 1 saturated heterocycles. The average molecular weight is 398 g/mol. The van der Waals surface area contributed by atoms with Crippen molar-refractivity contribution in [2.24, 2.45) is 0 Å². The molecule has 3 aromatic rings. The number of nitrogens with zero attached hydrogens (tertiary/aromatic N) is 2. The molecule has 6 heteroatoms. The van der Waals surface area contributed by atoms with E-state index in [4.69, 9.17) is 11.6 Å². The van der Waals surface area contributed by atoms with Crippen LogP contribution < -0.4 is 10.2 Å². The summed E-state index contributed by atoms with van der Waals surface area (Å²) in [6.45, 7) is 3.33. The Labute approximate surface area is 168 Å². The van der Waals surface area contributed by atoms with E-state index >= 15 is 0 Å². The van der Waals surface area contributed by atoms with Gasteiger partial charge in [0.25, 0.3) is 5.91 Å². The molecule has 0 saturated carbocycles. The number of aryl methyl sites for hydroxylation is 1. The molecule has 28 heavy (non-hydrogen) atoms. The smallest absolute Gasteiger partial charge is 0.262 e. The van der Waals surface area contributed by atoms with E-state index in [-0.39, 0.29) is 11.6 Å². The molecule has 1 aromatic heterocycles. The van der Waals surface area contributed by atoms with Crippen molar-refractivity contribution < 1.29 is 9.18 Å². The SMILES string of the molecule is Cc1ccc(C(=O)N(c2nccc3cccc(Cl)c23)[C@@H]2CCCNC2)c(F)c1. The van der Waals surface area contributed by atoms with Gasteiger partial charge in [-0.3, -0.25) is 9.69 Å². The summed E-state index contributed by atoms with van der Waals surface area (Å²) in [7, 11) is 0. The van der Waals surface area contributed by atoms with Gasteiger partial charge in [0.2, 0.25) is 0 Å². The van der Waals surface area contributed by atoms with Crippen LogP contribution in [0, 0.1) is 12.7 Å². The minimum Gasteiger partial charge on any atom is -0.315 e. The maximum Gasteiger partial charge on any atom is 0.262 e. The molecule has 2 aromatic carbocycles. The summed E-state index contributed by atoms with van der Waals surface area (Å²) >= 11 is 6.48. The van der Waals surface area contributed by atoms with Gasteiger partial charge in [-0.25, -0.2) is 9.37 Å². The van der Waals surface area contributed by atoms with E-state index in [0.29, 0.717) is 22.8 Å². The van der Waals surface area contributed by atoms with Crippen LogP contribution in [0.5, 0.6) is 0 Å². The zero-order valence-corrected chi connectivity index (χ0v) is 16.3. The summed E-state index contributed by atoms with van der Waals surface area (Å²) in [5.74, 6) is -0.446. The maximum absolute atomic E-state index is 14.6. The number of halogens is 2. The second kappa shape index (κ2) is 7.86. The minimum atomic E-state index is -0.523. The number of rotatable bonds is 3. The first-order valence-electron chi connectivity index (χ1n) is 9.40. The Kier molecular flexibility index (Phi) is 5.29. The molecule has 2 heterocycles. The van der Waals surface area contributed by atoms with Gasteiger partial charge >= 0.3 is 0 Å². The molecule has 1 aliphatic heterocycles. The first-order valence-corrected chi connectivity index (χ1v) is 9.77. The second-order valence-electron chi connectivity index (χ2n) is 7.13. The molecule has 0 bridgehead atoms. The summed E-state index contributed by atoms with van der Waals surface area (Å²) in [4.78, 5) is 19.6. The van der Waals surface area contributed by atoms with Gasteiger partial charge in [-0.15, -0.1) is 0 Å². The number of nitrogens with one attached hydrogen (secondary N) is 1. The number of amides is 1. The van der Waals surface area contributed by atoms with E-state index in [0.717, 1.165) is 30.3 Å². The van der Waals surface area contributed by atoms with Crippen molar-refractivity contribution in [3.8, 4) is 0 Å². The first-order chi connectivity index (χ1) is 13.6. The molecule has 4 rings (SSSR count). The summed E-state index contributed by atoms with van der Waals surface area (Å²) in [5.41, 5.74) is 0.813. The number of anilines is 1. The zero-order valence-electron chi connectivity index (χ0n) is 15.6. The molecule has 0 aliphatic carbocycles. The number of aromatic nitrogens is 1. The van der Waals surface area contributed by atoms with Crippen molar-refractivity contribution in [3.05, 3.63) is 70.6 Å². The van der Waals surface area contributed by atoms with E-state index < -0.39 is 11.7 Å². The molecule has 0 unspecified atom stereocenters. The zero-order chi connectivity index (χ0) is 19.7. The highest BCUT2D eigenvalue weighted by atomic mass is 35.5. The van der Waals surface area contributed by atoms with Crippen molar-refractivity contribution >= 4 is 34.1 Å². The fraction of sp³-hybridized carbons (Fsp3) is 0.273. The Balaban J connectivity index is 1.89. The normalized spacial score (nSPS) is 16.9. The van der Waals surface area contributed by atoms with Gasteiger partial charge in [-0.1, -0.05) is 29.8 Å². The van der Waals surface area contributed by atoms with Crippen LogP contribution in [-0.2, 0) is 0 Å². The van der Waals surface area contributed by atoms with Gasteiger partial charge in [0.15, 0.2) is 0 Å². The fourth-order valence-corrected chi connectivity index (χ4v) is 4.03. The third-order valence-corrected chi connectivity index (χ3v) is 5.47. The Bertz CT molecular complexity index is 1030. The molecule has 1 N–H and O–H groups in total. The van der Waals surface area contributed by atoms with E-state index in [9.17, 15) is 9.18 Å². The van der Waals surface area contributed by atoms with E-state index in [2.05, 4.69) is 10.3 Å². The number of fused-ring (bicyclic) bond motifs is 1. The maximum atomic E-state index is 14.6. The predicted octanol–water partition coefficient (Wildman–Crippen LogP) is 4.73. The van der Waals surface area contributed by atoms with Crippen LogP contribution in [0.3, 0.4) is 0 Å². The molecule has 1 aliphatic rings. The molecule has 4 nitrogen and oxygen atoms in total. The number of pyridine rings is 1. The number of benzene rings is 2. The van der Waals surface area contributed by atoms with Crippen molar-refractivity contribution in [1.29, 1.82) is 0 Å². The van der Waals surface area contributed by atoms with E-state index in [1.54, 1.807) is 36.2 Å². The van der Waals surface area contributed by atoms with E-state index in [1.165, 1.54) is 6.07 Å². The third-order valence-electron chi connectivity index (χ3n) is 5.16. The van der Waals surface area contributed by atoms with Crippen molar-refractivity contribution in [1.82, 2.24) is 10.3 Å². The molecular weight excluding hydrogens is 377 g/mol. The Morgan fingerprint density at radius 3 is 2.89 bits per heavy atom. The molecule has 1 amide bonds. The lowest BCUT2D eigenvalue weighted by Crippen LogP contribution is -2.49. The van der Waals surface area contributed by atoms with Crippen LogP contribution in [-0.4, -0.2) is 30.0 Å². The van der Waals surface area contributed by atoms with Gasteiger partial charge in [0, 0.05) is 18.1 Å². The summed E-state index contributed by atoms with van der Waals surface area (Å²) in [6.07, 6.45) is 3.41. The molecule has 0 radical (unpaired) electrons. The van der Waals surface area contributed by atoms with Crippen LogP contribution in [0.2, 0.25) is 5.02 Å². The summed E-state index contributed by atoms with van der Waals surface area (Å²) in [5, 5.41) is 5.45. The standard InChI is InChI=1S/C22H21ClFN3O/c1-14-7-8-17(19(24)12-14)22(28)27(16-5-3-10-25-13-16)21-20-15(9-11-26-21)4-2-6-18(20)23/h2,4,6-9,11-12,16,25H,3,5,10,13H2,1H3/t16-/m1/s1. The van der Waals surface area contributed by atoms with Gasteiger partial charge in [0.05, 0.1) is 16.6 Å². The van der Waals surface area contributed by atoms with E-state index in [1.807, 2.05) is 18.2 Å².